The van der Waals surface area contributed by atoms with Crippen LogP contribution in [0.15, 0.2) is 23.6 Å². The number of piperidine rings is 1. The number of hydrogen-bond donors (Lipinski definition) is 2. The van der Waals surface area contributed by atoms with E-state index < -0.39 is 17.4 Å². The number of carbonyl (C=O) groups excluding carboxylic acids is 4. The SMILES string of the molecule is Cc1ccc(CCC(C)(C)C(=O)NCc2scc3c2CN([C@H]2CCC(=O)NC2=O)C3=O)c(Cl)c1. The van der Waals surface area contributed by atoms with Gasteiger partial charge in [-0.3, -0.25) is 24.5 Å². The quantitative estimate of drug-likeness (QED) is 0.565. The van der Waals surface area contributed by atoms with Crippen molar-refractivity contribution < 1.29 is 19.2 Å². The number of rotatable bonds is 7. The molecule has 2 aromatic rings. The van der Waals surface area contributed by atoms with E-state index in [4.69, 9.17) is 11.6 Å². The largest absolute Gasteiger partial charge is 0.351 e. The molecule has 1 fully saturated rings. The summed E-state index contributed by atoms with van der Waals surface area (Å²) < 4.78 is 0. The number of fused-ring (bicyclic) bond motifs is 1. The van der Waals surface area contributed by atoms with Crippen molar-refractivity contribution in [3.05, 3.63) is 55.7 Å². The van der Waals surface area contributed by atoms with Gasteiger partial charge in [0.2, 0.25) is 17.7 Å². The van der Waals surface area contributed by atoms with Gasteiger partial charge in [0.25, 0.3) is 5.91 Å². The molecule has 1 saturated heterocycles. The third-order valence-corrected chi connectivity index (χ3v) is 8.02. The molecule has 1 aromatic carbocycles. The second-order valence-electron chi connectivity index (χ2n) is 9.61. The summed E-state index contributed by atoms with van der Waals surface area (Å²) in [5.41, 5.74) is 2.96. The standard InChI is InChI=1S/C25H28ClN3O4S/c1-14-4-5-15(18(26)10-14)8-9-25(2,3)24(33)27-11-20-16-12-29(23(32)17(16)13-34-20)19-6-7-21(30)28-22(19)31/h4-5,10,13,19H,6-9,11-12H2,1-3H3,(H,27,33)(H,28,30,31)/t19-/m0/s1. The molecule has 3 heterocycles. The second-order valence-corrected chi connectivity index (χ2v) is 11.0. The minimum Gasteiger partial charge on any atom is -0.351 e. The number of aryl methyl sites for hydroxylation is 2. The molecule has 1 atom stereocenters. The molecular formula is C25H28ClN3O4S. The molecule has 180 valence electrons. The lowest BCUT2D eigenvalue weighted by Crippen LogP contribution is -2.52. The summed E-state index contributed by atoms with van der Waals surface area (Å²) in [5, 5.41) is 7.84. The van der Waals surface area contributed by atoms with Crippen LogP contribution in [0.5, 0.6) is 0 Å². The smallest absolute Gasteiger partial charge is 0.256 e. The maximum atomic E-state index is 13.0. The fourth-order valence-corrected chi connectivity index (χ4v) is 5.67. The molecule has 9 heteroatoms. The first kappa shape index (κ1) is 24.4. The highest BCUT2D eigenvalue weighted by atomic mass is 35.5. The number of hydrogen-bond acceptors (Lipinski definition) is 5. The Morgan fingerprint density at radius 3 is 2.76 bits per heavy atom. The van der Waals surface area contributed by atoms with Crippen molar-refractivity contribution in [3.63, 3.8) is 0 Å². The highest BCUT2D eigenvalue weighted by Gasteiger charge is 2.40. The molecule has 0 aliphatic carbocycles. The van der Waals surface area contributed by atoms with Crippen LogP contribution >= 0.6 is 22.9 Å². The fourth-order valence-electron chi connectivity index (χ4n) is 4.37. The minimum absolute atomic E-state index is 0.0655. The summed E-state index contributed by atoms with van der Waals surface area (Å²) >= 11 is 7.78. The molecule has 7 nitrogen and oxygen atoms in total. The van der Waals surface area contributed by atoms with Crippen LogP contribution in [0, 0.1) is 12.3 Å². The number of benzene rings is 1. The topological polar surface area (TPSA) is 95.6 Å². The zero-order valence-corrected chi connectivity index (χ0v) is 21.1. The Hall–Kier alpha value is -2.71. The predicted molar refractivity (Wildman–Crippen MR) is 131 cm³/mol. The first-order valence-electron chi connectivity index (χ1n) is 11.3. The second kappa shape index (κ2) is 9.50. The van der Waals surface area contributed by atoms with E-state index >= 15 is 0 Å². The molecule has 0 saturated carbocycles. The Balaban J connectivity index is 1.36. The van der Waals surface area contributed by atoms with Crippen LogP contribution in [0.3, 0.4) is 0 Å². The van der Waals surface area contributed by atoms with Gasteiger partial charge in [-0.1, -0.05) is 37.6 Å². The molecule has 2 N–H and O–H groups in total. The summed E-state index contributed by atoms with van der Waals surface area (Å²) in [6.07, 6.45) is 1.89. The van der Waals surface area contributed by atoms with E-state index in [-0.39, 0.29) is 24.1 Å². The Labute approximate surface area is 207 Å². The first-order valence-corrected chi connectivity index (χ1v) is 12.6. The van der Waals surface area contributed by atoms with Crippen LogP contribution in [0.1, 0.15) is 65.0 Å². The van der Waals surface area contributed by atoms with E-state index in [1.807, 2.05) is 39.0 Å². The molecule has 4 amide bonds. The molecule has 0 radical (unpaired) electrons. The van der Waals surface area contributed by atoms with Gasteiger partial charge in [0.15, 0.2) is 0 Å². The van der Waals surface area contributed by atoms with Crippen molar-refractivity contribution in [2.75, 3.05) is 0 Å². The Morgan fingerprint density at radius 1 is 1.29 bits per heavy atom. The van der Waals surface area contributed by atoms with Crippen LogP contribution < -0.4 is 10.6 Å². The van der Waals surface area contributed by atoms with Crippen molar-refractivity contribution in [1.82, 2.24) is 15.5 Å². The average Bonchev–Trinajstić information content (AvgIpc) is 3.31. The van der Waals surface area contributed by atoms with Gasteiger partial charge in [0, 0.05) is 33.7 Å². The molecule has 4 rings (SSSR count). The van der Waals surface area contributed by atoms with Crippen LogP contribution in [-0.2, 0) is 33.9 Å². The molecular weight excluding hydrogens is 474 g/mol. The molecule has 0 unspecified atom stereocenters. The fraction of sp³-hybridized carbons (Fsp3) is 0.440. The van der Waals surface area contributed by atoms with Crippen LogP contribution in [-0.4, -0.2) is 34.6 Å². The minimum atomic E-state index is -0.641. The molecule has 2 aliphatic heterocycles. The zero-order valence-electron chi connectivity index (χ0n) is 19.5. The van der Waals surface area contributed by atoms with Crippen LogP contribution in [0.2, 0.25) is 5.02 Å². The molecule has 0 spiro atoms. The van der Waals surface area contributed by atoms with E-state index in [0.29, 0.717) is 37.9 Å². The van der Waals surface area contributed by atoms with E-state index in [2.05, 4.69) is 10.6 Å². The highest BCUT2D eigenvalue weighted by Crippen LogP contribution is 2.34. The van der Waals surface area contributed by atoms with Crippen LogP contribution in [0.4, 0.5) is 0 Å². The molecule has 2 aliphatic rings. The van der Waals surface area contributed by atoms with E-state index in [1.54, 1.807) is 5.38 Å². The highest BCUT2D eigenvalue weighted by molar-refractivity contribution is 7.10. The van der Waals surface area contributed by atoms with Crippen molar-refractivity contribution in [1.29, 1.82) is 0 Å². The van der Waals surface area contributed by atoms with Gasteiger partial charge in [0.1, 0.15) is 6.04 Å². The zero-order chi connectivity index (χ0) is 24.6. The number of amides is 4. The molecule has 34 heavy (non-hydrogen) atoms. The van der Waals surface area contributed by atoms with E-state index in [9.17, 15) is 19.2 Å². The van der Waals surface area contributed by atoms with Gasteiger partial charge in [-0.05, 0) is 48.9 Å². The Kier molecular flexibility index (Phi) is 6.82. The maximum Gasteiger partial charge on any atom is 0.256 e. The van der Waals surface area contributed by atoms with Gasteiger partial charge in [-0.2, -0.15) is 0 Å². The number of halogens is 1. The number of imide groups is 1. The van der Waals surface area contributed by atoms with Crippen molar-refractivity contribution in [2.24, 2.45) is 5.41 Å². The van der Waals surface area contributed by atoms with Crippen LogP contribution in [0.25, 0.3) is 0 Å². The van der Waals surface area contributed by atoms with E-state index in [1.165, 1.54) is 16.2 Å². The molecule has 1 aromatic heterocycles. The van der Waals surface area contributed by atoms with E-state index in [0.717, 1.165) is 26.6 Å². The summed E-state index contributed by atoms with van der Waals surface area (Å²) in [4.78, 5) is 52.0. The van der Waals surface area contributed by atoms with Gasteiger partial charge in [-0.25, -0.2) is 0 Å². The summed E-state index contributed by atoms with van der Waals surface area (Å²) in [5.74, 6) is -1.00. The third-order valence-electron chi connectivity index (χ3n) is 6.64. The lowest BCUT2D eigenvalue weighted by molar-refractivity contribution is -0.137. The van der Waals surface area contributed by atoms with Gasteiger partial charge >= 0.3 is 0 Å². The Bertz CT molecular complexity index is 1170. The van der Waals surface area contributed by atoms with Crippen molar-refractivity contribution in [2.45, 2.75) is 65.6 Å². The predicted octanol–water partition coefficient (Wildman–Crippen LogP) is 3.75. The number of thiophene rings is 1. The van der Waals surface area contributed by atoms with Gasteiger partial charge in [-0.15, -0.1) is 11.3 Å². The normalized spacial score (nSPS) is 18.2. The Morgan fingerprint density at radius 2 is 2.06 bits per heavy atom. The summed E-state index contributed by atoms with van der Waals surface area (Å²) in [6, 6.07) is 5.31. The monoisotopic (exact) mass is 501 g/mol. The summed E-state index contributed by atoms with van der Waals surface area (Å²) in [7, 11) is 0. The van der Waals surface area contributed by atoms with Crippen molar-refractivity contribution in [3.8, 4) is 0 Å². The van der Waals surface area contributed by atoms with Gasteiger partial charge < -0.3 is 10.2 Å². The van der Waals surface area contributed by atoms with Gasteiger partial charge in [0.05, 0.1) is 12.1 Å². The number of nitrogens with one attached hydrogen (secondary N) is 2. The molecule has 0 bridgehead atoms. The first-order chi connectivity index (χ1) is 16.1. The lowest BCUT2D eigenvalue weighted by Gasteiger charge is -2.29. The lowest BCUT2D eigenvalue weighted by atomic mass is 9.85. The maximum absolute atomic E-state index is 13.0. The number of carbonyl (C=O) groups is 4. The number of nitrogens with zero attached hydrogens (tertiary/aromatic N) is 1. The summed E-state index contributed by atoms with van der Waals surface area (Å²) in [6.45, 7) is 6.45. The average molecular weight is 502 g/mol. The van der Waals surface area contributed by atoms with Crippen molar-refractivity contribution >= 4 is 46.6 Å². The third kappa shape index (κ3) is 4.88.